The summed E-state index contributed by atoms with van der Waals surface area (Å²) in [6, 6.07) is 6.30. The van der Waals surface area contributed by atoms with E-state index in [0.717, 1.165) is 49.5 Å². The summed E-state index contributed by atoms with van der Waals surface area (Å²) >= 11 is 0. The molecule has 29 heavy (non-hydrogen) atoms. The van der Waals surface area contributed by atoms with Crippen LogP contribution in [-0.2, 0) is 14.3 Å². The number of rotatable bonds is 7. The molecule has 2 aliphatic heterocycles. The lowest BCUT2D eigenvalue weighted by Crippen LogP contribution is -2.50. The van der Waals surface area contributed by atoms with Crippen LogP contribution in [0.15, 0.2) is 18.2 Å². The summed E-state index contributed by atoms with van der Waals surface area (Å²) < 4.78 is 5.47. The Morgan fingerprint density at radius 2 is 1.97 bits per heavy atom. The molecule has 2 aliphatic rings. The highest BCUT2D eigenvalue weighted by molar-refractivity contribution is 6.00. The van der Waals surface area contributed by atoms with Crippen molar-refractivity contribution < 1.29 is 14.3 Å². The molecule has 160 valence electrons. The van der Waals surface area contributed by atoms with E-state index in [0.29, 0.717) is 25.0 Å². The van der Waals surface area contributed by atoms with Gasteiger partial charge in [-0.25, -0.2) is 0 Å². The molecule has 2 heterocycles. The Labute approximate surface area is 174 Å². The van der Waals surface area contributed by atoms with Crippen LogP contribution < -0.4 is 10.2 Å². The Balaban J connectivity index is 1.60. The molecule has 1 N–H and O–H groups in total. The molecule has 2 fully saturated rings. The van der Waals surface area contributed by atoms with Gasteiger partial charge in [0.05, 0.1) is 19.1 Å². The molecule has 0 saturated carbocycles. The number of hydrogen-bond acceptors (Lipinski definition) is 4. The van der Waals surface area contributed by atoms with Crippen molar-refractivity contribution in [3.05, 3.63) is 29.3 Å². The normalized spacial score (nSPS) is 21.6. The third kappa shape index (κ3) is 5.37. The summed E-state index contributed by atoms with van der Waals surface area (Å²) in [7, 11) is 0. The second-order valence-electron chi connectivity index (χ2n) is 8.80. The SMILES string of the molecule is Cc1cccc(N2C[C@H](C(=O)NC[C@H](CC(C)C)N3CCOCC3)CC2=O)c1C. The molecule has 0 radical (unpaired) electrons. The number of anilines is 1. The molecule has 6 nitrogen and oxygen atoms in total. The van der Waals surface area contributed by atoms with Crippen molar-refractivity contribution in [3.63, 3.8) is 0 Å². The van der Waals surface area contributed by atoms with Crippen molar-refractivity contribution in [2.75, 3.05) is 44.3 Å². The van der Waals surface area contributed by atoms with Gasteiger partial charge in [0.25, 0.3) is 0 Å². The van der Waals surface area contributed by atoms with Crippen LogP contribution in [0.2, 0.25) is 0 Å². The molecule has 0 aliphatic carbocycles. The molecule has 2 atom stereocenters. The molecule has 3 rings (SSSR count). The van der Waals surface area contributed by atoms with E-state index in [2.05, 4.69) is 24.1 Å². The van der Waals surface area contributed by atoms with Gasteiger partial charge in [-0.05, 0) is 43.4 Å². The van der Waals surface area contributed by atoms with E-state index in [9.17, 15) is 9.59 Å². The third-order valence-electron chi connectivity index (χ3n) is 6.18. The van der Waals surface area contributed by atoms with Gasteiger partial charge in [0, 0.05) is 44.3 Å². The first kappa shape index (κ1) is 21.8. The molecule has 2 amide bonds. The lowest BCUT2D eigenvalue weighted by molar-refractivity contribution is -0.126. The standard InChI is InChI=1S/C23H35N3O3/c1-16(2)12-20(25-8-10-29-11-9-25)14-24-23(28)19-13-22(27)26(15-19)21-7-5-6-17(3)18(21)4/h5-7,16,19-20H,8-15H2,1-4H3,(H,24,28)/t19-,20+/m1/s1. The van der Waals surface area contributed by atoms with Crippen molar-refractivity contribution in [1.82, 2.24) is 10.2 Å². The summed E-state index contributed by atoms with van der Waals surface area (Å²) in [6.07, 6.45) is 1.32. The van der Waals surface area contributed by atoms with E-state index in [1.54, 1.807) is 4.90 Å². The first-order valence-electron chi connectivity index (χ1n) is 10.8. The van der Waals surface area contributed by atoms with Crippen molar-refractivity contribution >= 4 is 17.5 Å². The van der Waals surface area contributed by atoms with Crippen LogP contribution >= 0.6 is 0 Å². The topological polar surface area (TPSA) is 61.9 Å². The van der Waals surface area contributed by atoms with Crippen LogP contribution in [0.1, 0.15) is 37.8 Å². The van der Waals surface area contributed by atoms with Crippen LogP contribution in [0.4, 0.5) is 5.69 Å². The number of amides is 2. The largest absolute Gasteiger partial charge is 0.379 e. The highest BCUT2D eigenvalue weighted by Gasteiger charge is 2.36. The summed E-state index contributed by atoms with van der Waals surface area (Å²) in [5.41, 5.74) is 3.19. The lowest BCUT2D eigenvalue weighted by atomic mass is 10.0. The monoisotopic (exact) mass is 401 g/mol. The van der Waals surface area contributed by atoms with Crippen molar-refractivity contribution in [1.29, 1.82) is 0 Å². The molecule has 2 saturated heterocycles. The van der Waals surface area contributed by atoms with Gasteiger partial charge in [0.1, 0.15) is 0 Å². The predicted molar refractivity (Wildman–Crippen MR) is 115 cm³/mol. The fraction of sp³-hybridized carbons (Fsp3) is 0.652. The predicted octanol–water partition coefficient (Wildman–Crippen LogP) is 2.52. The highest BCUT2D eigenvalue weighted by Crippen LogP contribution is 2.29. The Bertz CT molecular complexity index is 728. The Morgan fingerprint density at radius 1 is 1.24 bits per heavy atom. The van der Waals surface area contributed by atoms with Crippen LogP contribution in [0, 0.1) is 25.7 Å². The maximum absolute atomic E-state index is 12.9. The van der Waals surface area contributed by atoms with Crippen molar-refractivity contribution in [2.45, 2.75) is 46.6 Å². The van der Waals surface area contributed by atoms with Gasteiger partial charge in [-0.3, -0.25) is 14.5 Å². The number of nitrogens with zero attached hydrogens (tertiary/aromatic N) is 2. The molecule has 1 aromatic carbocycles. The average molecular weight is 402 g/mol. The van der Waals surface area contributed by atoms with Gasteiger partial charge in [0.2, 0.25) is 11.8 Å². The lowest BCUT2D eigenvalue weighted by Gasteiger charge is -2.35. The van der Waals surface area contributed by atoms with Crippen LogP contribution in [-0.4, -0.2) is 62.1 Å². The van der Waals surface area contributed by atoms with Gasteiger partial charge in [-0.2, -0.15) is 0 Å². The van der Waals surface area contributed by atoms with Gasteiger partial charge in [-0.15, -0.1) is 0 Å². The quantitative estimate of drug-likeness (QED) is 0.763. The maximum atomic E-state index is 12.9. The van der Waals surface area contributed by atoms with Gasteiger partial charge in [0.15, 0.2) is 0 Å². The Kier molecular flexibility index (Phi) is 7.30. The number of hydrogen-bond donors (Lipinski definition) is 1. The van der Waals surface area contributed by atoms with Crippen molar-refractivity contribution in [3.8, 4) is 0 Å². The molecule has 1 aromatic rings. The molecular formula is C23H35N3O3. The molecule has 0 spiro atoms. The van der Waals surface area contributed by atoms with E-state index < -0.39 is 0 Å². The molecule has 0 unspecified atom stereocenters. The fourth-order valence-corrected chi connectivity index (χ4v) is 4.36. The minimum Gasteiger partial charge on any atom is -0.379 e. The van der Waals surface area contributed by atoms with Gasteiger partial charge in [-0.1, -0.05) is 26.0 Å². The molecule has 6 heteroatoms. The van der Waals surface area contributed by atoms with Crippen LogP contribution in [0.5, 0.6) is 0 Å². The summed E-state index contributed by atoms with van der Waals surface area (Å²) in [5.74, 6) is 0.304. The zero-order chi connectivity index (χ0) is 21.0. The number of ether oxygens (including phenoxy) is 1. The maximum Gasteiger partial charge on any atom is 0.227 e. The number of aryl methyl sites for hydroxylation is 1. The Morgan fingerprint density at radius 3 is 2.66 bits per heavy atom. The van der Waals surface area contributed by atoms with E-state index >= 15 is 0 Å². The van der Waals surface area contributed by atoms with E-state index in [-0.39, 0.29) is 24.2 Å². The van der Waals surface area contributed by atoms with Crippen LogP contribution in [0.25, 0.3) is 0 Å². The summed E-state index contributed by atoms with van der Waals surface area (Å²) in [6.45, 7) is 12.9. The highest BCUT2D eigenvalue weighted by atomic mass is 16.5. The second kappa shape index (κ2) is 9.72. The van der Waals surface area contributed by atoms with E-state index in [4.69, 9.17) is 4.74 Å². The number of carbonyl (C=O) groups excluding carboxylic acids is 2. The van der Waals surface area contributed by atoms with Crippen LogP contribution in [0.3, 0.4) is 0 Å². The number of nitrogens with one attached hydrogen (secondary N) is 1. The average Bonchev–Trinajstić information content (AvgIpc) is 3.09. The molecular weight excluding hydrogens is 366 g/mol. The Hall–Kier alpha value is -1.92. The van der Waals surface area contributed by atoms with Gasteiger partial charge < -0.3 is 15.0 Å². The smallest absolute Gasteiger partial charge is 0.227 e. The van der Waals surface area contributed by atoms with E-state index in [1.807, 2.05) is 32.0 Å². The zero-order valence-corrected chi connectivity index (χ0v) is 18.2. The number of carbonyl (C=O) groups is 2. The van der Waals surface area contributed by atoms with E-state index in [1.165, 1.54) is 0 Å². The summed E-state index contributed by atoms with van der Waals surface area (Å²) in [5, 5.41) is 3.15. The molecule has 0 aromatic heterocycles. The fourth-order valence-electron chi connectivity index (χ4n) is 4.36. The van der Waals surface area contributed by atoms with Crippen molar-refractivity contribution in [2.24, 2.45) is 11.8 Å². The third-order valence-corrected chi connectivity index (χ3v) is 6.18. The zero-order valence-electron chi connectivity index (χ0n) is 18.2. The molecule has 0 bridgehead atoms. The first-order chi connectivity index (χ1) is 13.9. The minimum absolute atomic E-state index is 0.00632. The minimum atomic E-state index is -0.285. The number of morpholine rings is 1. The summed E-state index contributed by atoms with van der Waals surface area (Å²) in [4.78, 5) is 29.7. The second-order valence-corrected chi connectivity index (χ2v) is 8.80. The van der Waals surface area contributed by atoms with Gasteiger partial charge >= 0.3 is 0 Å². The first-order valence-corrected chi connectivity index (χ1v) is 10.8. The number of benzene rings is 1.